The van der Waals surface area contributed by atoms with E-state index in [1.807, 2.05) is 0 Å². The smallest absolute Gasteiger partial charge is 0.324 e. The summed E-state index contributed by atoms with van der Waals surface area (Å²) in [7, 11) is -3.93. The van der Waals surface area contributed by atoms with Crippen LogP contribution in [0.4, 0.5) is 4.79 Å². The molecule has 0 heterocycles. The number of rotatable bonds is 7. The maximum absolute atomic E-state index is 12.3. The molecule has 0 aromatic heterocycles. The summed E-state index contributed by atoms with van der Waals surface area (Å²) < 4.78 is 31.5. The van der Waals surface area contributed by atoms with Crippen LogP contribution in [0, 0.1) is 5.92 Å². The maximum Gasteiger partial charge on any atom is 0.324 e. The lowest BCUT2D eigenvalue weighted by Crippen LogP contribution is -2.46. The van der Waals surface area contributed by atoms with Crippen molar-refractivity contribution in [2.75, 3.05) is 6.61 Å². The molecule has 0 radical (unpaired) electrons. The Bertz CT molecular complexity index is 702. The molecule has 1 aromatic rings. The first-order valence-corrected chi connectivity index (χ1v) is 8.45. The van der Waals surface area contributed by atoms with E-state index in [0.29, 0.717) is 0 Å². The predicted octanol–water partition coefficient (Wildman–Crippen LogP) is -0.272. The van der Waals surface area contributed by atoms with Gasteiger partial charge >= 0.3 is 12.0 Å². The molecule has 9 nitrogen and oxygen atoms in total. The number of imide groups is 1. The Kier molecular flexibility index (Phi) is 6.86. The Morgan fingerprint density at radius 3 is 2.25 bits per heavy atom. The van der Waals surface area contributed by atoms with Crippen molar-refractivity contribution in [2.24, 2.45) is 11.7 Å². The van der Waals surface area contributed by atoms with Crippen molar-refractivity contribution in [3.8, 4) is 0 Å². The molecule has 0 aliphatic rings. The quantitative estimate of drug-likeness (QED) is 0.573. The molecule has 0 unspecified atom stereocenters. The topological polar surface area (TPSA) is 145 Å². The molecule has 1 aromatic carbocycles. The summed E-state index contributed by atoms with van der Waals surface area (Å²) in [5, 5.41) is 1.72. The maximum atomic E-state index is 12.3. The predicted molar refractivity (Wildman–Crippen MR) is 84.1 cm³/mol. The van der Waals surface area contributed by atoms with Gasteiger partial charge in [-0.05, 0) is 18.1 Å². The van der Waals surface area contributed by atoms with E-state index in [1.165, 1.54) is 12.1 Å². The van der Waals surface area contributed by atoms with E-state index in [-0.39, 0.29) is 4.90 Å². The molecule has 24 heavy (non-hydrogen) atoms. The highest BCUT2D eigenvalue weighted by molar-refractivity contribution is 7.89. The molecule has 3 amide bonds. The number of ether oxygens (including phenoxy) is 1. The monoisotopic (exact) mass is 357 g/mol. The van der Waals surface area contributed by atoms with Gasteiger partial charge in [0.25, 0.3) is 5.91 Å². The number of carbonyl (C=O) groups is 3. The molecule has 0 saturated heterocycles. The second-order valence-corrected chi connectivity index (χ2v) is 6.89. The van der Waals surface area contributed by atoms with E-state index in [2.05, 4.69) is 4.72 Å². The van der Waals surface area contributed by atoms with Crippen molar-refractivity contribution in [2.45, 2.75) is 24.8 Å². The third-order valence-corrected chi connectivity index (χ3v) is 4.32. The lowest BCUT2D eigenvalue weighted by Gasteiger charge is -2.20. The Labute approximate surface area is 139 Å². The van der Waals surface area contributed by atoms with E-state index in [1.54, 1.807) is 37.4 Å². The number of urea groups is 1. The first kappa shape index (κ1) is 19.6. The zero-order valence-corrected chi connectivity index (χ0v) is 14.0. The van der Waals surface area contributed by atoms with Crippen molar-refractivity contribution >= 4 is 27.9 Å². The Morgan fingerprint density at radius 1 is 1.17 bits per heavy atom. The fourth-order valence-electron chi connectivity index (χ4n) is 1.69. The molecular formula is C14H19N3O6S. The summed E-state index contributed by atoms with van der Waals surface area (Å²) in [4.78, 5) is 33.8. The zero-order chi connectivity index (χ0) is 18.3. The minimum Gasteiger partial charge on any atom is -0.454 e. The summed E-state index contributed by atoms with van der Waals surface area (Å²) in [6, 6.07) is 5.23. The van der Waals surface area contributed by atoms with Gasteiger partial charge in [-0.3, -0.25) is 14.9 Å². The van der Waals surface area contributed by atoms with Crippen LogP contribution in [0.25, 0.3) is 0 Å². The average molecular weight is 357 g/mol. The highest BCUT2D eigenvalue weighted by Crippen LogP contribution is 2.12. The van der Waals surface area contributed by atoms with E-state index in [4.69, 9.17) is 10.5 Å². The molecule has 1 atom stereocenters. The third-order valence-electron chi connectivity index (χ3n) is 2.86. The molecule has 4 N–H and O–H groups in total. The molecule has 0 bridgehead atoms. The number of sulfonamides is 1. The lowest BCUT2D eigenvalue weighted by atomic mass is 10.1. The van der Waals surface area contributed by atoms with Gasteiger partial charge in [0.1, 0.15) is 6.04 Å². The van der Waals surface area contributed by atoms with Gasteiger partial charge < -0.3 is 10.5 Å². The fourth-order valence-corrected chi connectivity index (χ4v) is 3.05. The second kappa shape index (κ2) is 8.41. The van der Waals surface area contributed by atoms with Crippen molar-refractivity contribution in [3.63, 3.8) is 0 Å². The molecule has 0 aliphatic carbocycles. The van der Waals surface area contributed by atoms with Crippen LogP contribution in [0.3, 0.4) is 0 Å². The Hall–Kier alpha value is -2.46. The molecular weight excluding hydrogens is 338 g/mol. The van der Waals surface area contributed by atoms with Gasteiger partial charge in [-0.15, -0.1) is 0 Å². The highest BCUT2D eigenvalue weighted by Gasteiger charge is 2.30. The van der Waals surface area contributed by atoms with Gasteiger partial charge in [0, 0.05) is 0 Å². The Balaban J connectivity index is 2.78. The van der Waals surface area contributed by atoms with Gasteiger partial charge in [0.2, 0.25) is 10.0 Å². The fraction of sp³-hybridized carbons (Fsp3) is 0.357. The first-order chi connectivity index (χ1) is 11.1. The van der Waals surface area contributed by atoms with Crippen LogP contribution in [0.15, 0.2) is 35.2 Å². The number of hydrogen-bond acceptors (Lipinski definition) is 6. The summed E-state index contributed by atoms with van der Waals surface area (Å²) in [6.07, 6.45) is 0. The minimum absolute atomic E-state index is 0.00470. The van der Waals surface area contributed by atoms with Crippen LogP contribution in [0.2, 0.25) is 0 Å². The SMILES string of the molecule is CC(C)[C@H](NS(=O)(=O)c1ccccc1)C(=O)OCC(=O)NC(N)=O. The number of benzene rings is 1. The number of hydrogen-bond donors (Lipinski definition) is 3. The molecule has 132 valence electrons. The first-order valence-electron chi connectivity index (χ1n) is 6.97. The van der Waals surface area contributed by atoms with Gasteiger partial charge in [-0.2, -0.15) is 4.72 Å². The van der Waals surface area contributed by atoms with E-state index in [9.17, 15) is 22.8 Å². The van der Waals surface area contributed by atoms with Crippen molar-refractivity contribution in [1.29, 1.82) is 0 Å². The molecule has 0 saturated carbocycles. The zero-order valence-electron chi connectivity index (χ0n) is 13.2. The van der Waals surface area contributed by atoms with Crippen LogP contribution >= 0.6 is 0 Å². The molecule has 0 aliphatic heterocycles. The number of carbonyl (C=O) groups excluding carboxylic acids is 3. The number of amides is 3. The largest absolute Gasteiger partial charge is 0.454 e. The van der Waals surface area contributed by atoms with Gasteiger partial charge in [-0.1, -0.05) is 32.0 Å². The molecule has 0 spiro atoms. The van der Waals surface area contributed by atoms with E-state index >= 15 is 0 Å². The van der Waals surface area contributed by atoms with Crippen LogP contribution in [-0.4, -0.2) is 39.0 Å². The average Bonchev–Trinajstić information content (AvgIpc) is 2.50. The van der Waals surface area contributed by atoms with Crippen molar-refractivity contribution < 1.29 is 27.5 Å². The van der Waals surface area contributed by atoms with Crippen molar-refractivity contribution in [1.82, 2.24) is 10.0 Å². The van der Waals surface area contributed by atoms with Crippen LogP contribution in [0.1, 0.15) is 13.8 Å². The number of nitrogens with one attached hydrogen (secondary N) is 2. The summed E-state index contributed by atoms with van der Waals surface area (Å²) in [5.41, 5.74) is 4.75. The Morgan fingerprint density at radius 2 is 1.75 bits per heavy atom. The number of nitrogens with two attached hydrogens (primary N) is 1. The summed E-state index contributed by atoms with van der Waals surface area (Å²) in [6.45, 7) is 2.48. The molecule has 1 rings (SSSR count). The number of esters is 1. The summed E-state index contributed by atoms with van der Waals surface area (Å²) >= 11 is 0. The lowest BCUT2D eigenvalue weighted by molar-refractivity contribution is -0.150. The molecule has 0 fully saturated rings. The highest BCUT2D eigenvalue weighted by atomic mass is 32.2. The van der Waals surface area contributed by atoms with Gasteiger partial charge in [-0.25, -0.2) is 13.2 Å². The normalized spacial score (nSPS) is 12.5. The minimum atomic E-state index is -3.93. The third kappa shape index (κ3) is 5.97. The summed E-state index contributed by atoms with van der Waals surface area (Å²) in [5.74, 6) is -2.29. The van der Waals surface area contributed by atoms with Crippen molar-refractivity contribution in [3.05, 3.63) is 30.3 Å². The number of primary amides is 1. The van der Waals surface area contributed by atoms with Gasteiger partial charge in [0.05, 0.1) is 4.90 Å². The standard InChI is InChI=1S/C14H19N3O6S/c1-9(2)12(13(19)23-8-11(18)16-14(15)20)17-24(21,22)10-6-4-3-5-7-10/h3-7,9,12,17H,8H2,1-2H3,(H3,15,16,18,20)/t12-/m0/s1. The van der Waals surface area contributed by atoms with E-state index in [0.717, 1.165) is 0 Å². The van der Waals surface area contributed by atoms with Crippen LogP contribution in [-0.2, 0) is 24.3 Å². The second-order valence-electron chi connectivity index (χ2n) is 5.18. The van der Waals surface area contributed by atoms with Gasteiger partial charge in [0.15, 0.2) is 6.61 Å². The molecule has 10 heteroatoms. The van der Waals surface area contributed by atoms with Crippen LogP contribution in [0.5, 0.6) is 0 Å². The van der Waals surface area contributed by atoms with E-state index < -0.39 is 46.5 Å². The van der Waals surface area contributed by atoms with Crippen LogP contribution < -0.4 is 15.8 Å².